The summed E-state index contributed by atoms with van der Waals surface area (Å²) in [6, 6.07) is 15.0. The molecule has 0 atom stereocenters. The predicted molar refractivity (Wildman–Crippen MR) is 75.1 cm³/mol. The van der Waals surface area contributed by atoms with Gasteiger partial charge in [-0.3, -0.25) is 0 Å². The molecule has 0 aliphatic rings. The van der Waals surface area contributed by atoms with Crippen LogP contribution in [0.2, 0.25) is 0 Å². The Kier molecular flexibility index (Phi) is 5.02. The molecule has 0 saturated heterocycles. The summed E-state index contributed by atoms with van der Waals surface area (Å²) in [4.78, 5) is 0. The second kappa shape index (κ2) is 6.53. The van der Waals surface area contributed by atoms with E-state index in [1.807, 2.05) is 0 Å². The van der Waals surface area contributed by atoms with E-state index in [0.29, 0.717) is 20.1 Å². The molecule has 96 valence electrons. The van der Waals surface area contributed by atoms with Gasteiger partial charge < -0.3 is 0 Å². The Labute approximate surface area is 122 Å². The van der Waals surface area contributed by atoms with Crippen LogP contribution in [0.25, 0.3) is 11.1 Å². The average Bonchev–Trinajstić information content (AvgIpc) is 2.37. The Balaban J connectivity index is 2.38. The summed E-state index contributed by atoms with van der Waals surface area (Å²) < 4.78 is 5.39. The van der Waals surface area contributed by atoms with Crippen LogP contribution >= 0.6 is 14.1 Å². The fraction of sp³-hybridized carbons (Fsp3) is 0.200. The minimum absolute atomic E-state index is 0.570. The van der Waals surface area contributed by atoms with E-state index < -0.39 is 0 Å². The van der Waals surface area contributed by atoms with Crippen LogP contribution in [0, 0.1) is 13.8 Å². The minimum atomic E-state index is 0.570. The van der Waals surface area contributed by atoms with E-state index in [-0.39, 0.29) is 0 Å². The van der Waals surface area contributed by atoms with Crippen molar-refractivity contribution in [3.8, 4) is 11.1 Å². The third-order valence-electron chi connectivity index (χ3n) is 2.95. The monoisotopic (exact) mass is 346 g/mol. The standard InChI is InChI=1S/C15H15O.BrH.Fe/c1-11-5-3-6-12(2)15(11)14-8-4-7-13(9-14)10-16;;/h3-9H,10H2,1-2H3;1H;/q-1;;+2/p-1. The first kappa shape index (κ1) is 13.8. The van der Waals surface area contributed by atoms with Crippen molar-refractivity contribution in [2.45, 2.75) is 20.5 Å². The summed E-state index contributed by atoms with van der Waals surface area (Å²) >= 11 is 3.84. The summed E-state index contributed by atoms with van der Waals surface area (Å²) in [6.07, 6.45) is 0. The molecule has 0 aliphatic carbocycles. The van der Waals surface area contributed by atoms with Gasteiger partial charge in [0.15, 0.2) is 0 Å². The van der Waals surface area contributed by atoms with Crippen molar-refractivity contribution in [1.82, 2.24) is 0 Å². The first-order valence-electron chi connectivity index (χ1n) is 5.74. The SMILES string of the molecule is Cc1cccc(C)c1-c1cccc(C[O][Fe][Br])c1. The Morgan fingerprint density at radius 1 is 1.06 bits per heavy atom. The molecular weight excluding hydrogens is 332 g/mol. The van der Waals surface area contributed by atoms with Crippen LogP contribution in [0.4, 0.5) is 0 Å². The van der Waals surface area contributed by atoms with E-state index in [1.165, 1.54) is 27.8 Å². The van der Waals surface area contributed by atoms with Gasteiger partial charge in [0.2, 0.25) is 0 Å². The van der Waals surface area contributed by atoms with Gasteiger partial charge in [-0.05, 0) is 0 Å². The van der Waals surface area contributed by atoms with Gasteiger partial charge in [-0.25, -0.2) is 0 Å². The number of hydrogen-bond acceptors (Lipinski definition) is 1. The fourth-order valence-electron chi connectivity index (χ4n) is 2.16. The van der Waals surface area contributed by atoms with E-state index >= 15 is 0 Å². The van der Waals surface area contributed by atoms with Crippen LogP contribution in [-0.4, -0.2) is 0 Å². The summed E-state index contributed by atoms with van der Waals surface area (Å²) in [5.41, 5.74) is 6.43. The zero-order valence-electron chi connectivity index (χ0n) is 10.4. The maximum atomic E-state index is 5.39. The van der Waals surface area contributed by atoms with Crippen LogP contribution in [0.1, 0.15) is 16.7 Å². The maximum absolute atomic E-state index is 5.39. The number of hydrogen-bond donors (Lipinski definition) is 0. The van der Waals surface area contributed by atoms with Crippen molar-refractivity contribution in [3.63, 3.8) is 0 Å². The molecule has 3 heteroatoms. The Hall–Kier alpha value is -0.601. The number of halogens is 1. The van der Waals surface area contributed by atoms with Crippen molar-refractivity contribution in [2.24, 2.45) is 0 Å². The van der Waals surface area contributed by atoms with Crippen LogP contribution in [-0.2, 0) is 23.9 Å². The van der Waals surface area contributed by atoms with Gasteiger partial charge in [0.1, 0.15) is 0 Å². The summed E-state index contributed by atoms with van der Waals surface area (Å²) in [5, 5.41) is 0. The Morgan fingerprint density at radius 2 is 1.72 bits per heavy atom. The molecule has 0 unspecified atom stereocenters. The van der Waals surface area contributed by atoms with Crippen molar-refractivity contribution in [2.75, 3.05) is 0 Å². The molecule has 0 N–H and O–H groups in total. The van der Waals surface area contributed by atoms with Crippen LogP contribution < -0.4 is 0 Å². The van der Waals surface area contributed by atoms with E-state index in [1.54, 1.807) is 0 Å². The number of aryl methyl sites for hydroxylation is 2. The Bertz CT molecular complexity index is 520. The van der Waals surface area contributed by atoms with Gasteiger partial charge in [0.05, 0.1) is 0 Å². The molecule has 0 spiro atoms. The van der Waals surface area contributed by atoms with E-state index in [2.05, 4.69) is 70.4 Å². The molecule has 0 saturated carbocycles. The first-order valence-corrected chi connectivity index (χ1v) is 8.92. The average molecular weight is 347 g/mol. The summed E-state index contributed by atoms with van der Waals surface area (Å²) in [6.45, 7) is 4.96. The molecule has 0 amide bonds. The van der Waals surface area contributed by atoms with Gasteiger partial charge in [-0.1, -0.05) is 0 Å². The molecule has 2 aromatic rings. The van der Waals surface area contributed by atoms with Crippen LogP contribution in [0.15, 0.2) is 42.5 Å². The van der Waals surface area contributed by atoms with Crippen molar-refractivity contribution < 1.29 is 17.3 Å². The first-order chi connectivity index (χ1) is 8.72. The third kappa shape index (κ3) is 3.24. The van der Waals surface area contributed by atoms with E-state index in [0.717, 1.165) is 0 Å². The molecule has 0 aliphatic heterocycles. The van der Waals surface area contributed by atoms with E-state index in [4.69, 9.17) is 3.82 Å². The predicted octanol–water partition coefficient (Wildman–Crippen LogP) is 4.79. The Morgan fingerprint density at radius 3 is 2.39 bits per heavy atom. The fourth-order valence-corrected chi connectivity index (χ4v) is 2.74. The quantitative estimate of drug-likeness (QED) is 0.723. The van der Waals surface area contributed by atoms with Crippen molar-refractivity contribution in [3.05, 3.63) is 59.2 Å². The molecule has 2 rings (SSSR count). The summed E-state index contributed by atoms with van der Waals surface area (Å²) in [5.74, 6) is 0. The molecule has 0 bridgehead atoms. The van der Waals surface area contributed by atoms with Crippen LogP contribution in [0.3, 0.4) is 0 Å². The molecule has 1 nitrogen and oxygen atoms in total. The van der Waals surface area contributed by atoms with E-state index in [9.17, 15) is 0 Å². The molecule has 0 fully saturated rings. The molecular formula is C15H15BrFeO. The van der Waals surface area contributed by atoms with Crippen molar-refractivity contribution >= 4 is 14.1 Å². The molecule has 0 aromatic heterocycles. The topological polar surface area (TPSA) is 9.23 Å². The third-order valence-corrected chi connectivity index (χ3v) is 3.90. The van der Waals surface area contributed by atoms with Gasteiger partial charge in [-0.2, -0.15) is 0 Å². The van der Waals surface area contributed by atoms with Gasteiger partial charge in [0, 0.05) is 0 Å². The van der Waals surface area contributed by atoms with Crippen LogP contribution in [0.5, 0.6) is 0 Å². The molecule has 18 heavy (non-hydrogen) atoms. The molecule has 2 aromatic carbocycles. The second-order valence-corrected chi connectivity index (χ2v) is 5.70. The van der Waals surface area contributed by atoms with Gasteiger partial charge in [0.25, 0.3) is 0 Å². The summed E-state index contributed by atoms with van der Waals surface area (Å²) in [7, 11) is 0. The number of benzene rings is 2. The molecule has 0 heterocycles. The zero-order chi connectivity index (χ0) is 13.0. The van der Waals surface area contributed by atoms with Crippen molar-refractivity contribution in [1.29, 1.82) is 0 Å². The number of rotatable bonds is 4. The molecule has 0 radical (unpaired) electrons. The second-order valence-electron chi connectivity index (χ2n) is 4.27. The van der Waals surface area contributed by atoms with Gasteiger partial charge >= 0.3 is 122 Å². The van der Waals surface area contributed by atoms with Gasteiger partial charge in [-0.15, -0.1) is 0 Å². The normalized spacial score (nSPS) is 10.8. The zero-order valence-corrected chi connectivity index (χ0v) is 13.1.